The lowest BCUT2D eigenvalue weighted by atomic mass is 10.2. The van der Waals surface area contributed by atoms with Crippen LogP contribution in [0.5, 0.6) is 5.75 Å². The fourth-order valence-corrected chi connectivity index (χ4v) is 2.15. The molecule has 0 aliphatic rings. The highest BCUT2D eigenvalue weighted by molar-refractivity contribution is 6.31. The number of benzene rings is 1. The van der Waals surface area contributed by atoms with Gasteiger partial charge in [0, 0.05) is 18.7 Å². The van der Waals surface area contributed by atoms with Crippen LogP contribution in [0.25, 0.3) is 6.08 Å². The van der Waals surface area contributed by atoms with E-state index in [-0.39, 0.29) is 5.91 Å². The molecule has 6 heteroatoms. The zero-order valence-electron chi connectivity index (χ0n) is 12.5. The van der Waals surface area contributed by atoms with Gasteiger partial charge >= 0.3 is 0 Å². The summed E-state index contributed by atoms with van der Waals surface area (Å²) in [5.41, 5.74) is 1.53. The topological polar surface area (TPSA) is 56.2 Å². The van der Waals surface area contributed by atoms with E-state index in [9.17, 15) is 4.79 Å². The molecule has 116 valence electrons. The number of aryl methyl sites for hydroxylation is 2. The molecule has 22 heavy (non-hydrogen) atoms. The molecule has 2 aromatic rings. The molecule has 0 bridgehead atoms. The second kappa shape index (κ2) is 7.66. The fraction of sp³-hybridized carbons (Fsp3) is 0.250. The van der Waals surface area contributed by atoms with Crippen LogP contribution in [-0.4, -0.2) is 28.8 Å². The van der Waals surface area contributed by atoms with Crippen molar-refractivity contribution in [2.45, 2.75) is 6.92 Å². The van der Waals surface area contributed by atoms with Crippen molar-refractivity contribution in [2.75, 3.05) is 13.2 Å². The van der Waals surface area contributed by atoms with Crippen molar-refractivity contribution in [3.05, 3.63) is 52.8 Å². The van der Waals surface area contributed by atoms with Crippen LogP contribution in [0.15, 0.2) is 36.4 Å². The third kappa shape index (κ3) is 4.36. The number of nitrogens with one attached hydrogen (secondary N) is 1. The summed E-state index contributed by atoms with van der Waals surface area (Å²) in [7, 11) is 1.76. The second-order valence-corrected chi connectivity index (χ2v) is 5.06. The standard InChI is InChI=1S/C16H18ClN3O2/c1-12-14(16(17)20(2)19-12)8-9-15(21)18-10-11-22-13-6-4-3-5-7-13/h3-9H,10-11H2,1-2H3,(H,18,21)/b9-8+. The Balaban J connectivity index is 1.77. The zero-order chi connectivity index (χ0) is 15.9. The van der Waals surface area contributed by atoms with Crippen molar-refractivity contribution >= 4 is 23.6 Å². The minimum Gasteiger partial charge on any atom is -0.492 e. The van der Waals surface area contributed by atoms with Crippen molar-refractivity contribution < 1.29 is 9.53 Å². The molecule has 1 aromatic carbocycles. The first-order chi connectivity index (χ1) is 10.6. The van der Waals surface area contributed by atoms with Crippen molar-refractivity contribution in [2.24, 2.45) is 7.05 Å². The molecule has 1 amide bonds. The van der Waals surface area contributed by atoms with Crippen molar-refractivity contribution in [3.8, 4) is 5.75 Å². The number of rotatable bonds is 6. The Bertz CT molecular complexity index is 666. The molecule has 1 heterocycles. The van der Waals surface area contributed by atoms with Gasteiger partial charge in [0.15, 0.2) is 0 Å². The first-order valence-electron chi connectivity index (χ1n) is 6.91. The number of aromatic nitrogens is 2. The molecule has 1 N–H and O–H groups in total. The van der Waals surface area contributed by atoms with Crippen LogP contribution in [0.2, 0.25) is 5.15 Å². The first kappa shape index (κ1) is 16.1. The molecule has 5 nitrogen and oxygen atoms in total. The SMILES string of the molecule is Cc1nn(C)c(Cl)c1/C=C/C(=O)NCCOc1ccccc1. The third-order valence-electron chi connectivity index (χ3n) is 3.01. The molecule has 0 aliphatic carbocycles. The number of carbonyl (C=O) groups is 1. The molecular weight excluding hydrogens is 302 g/mol. The van der Waals surface area contributed by atoms with Gasteiger partial charge in [-0.1, -0.05) is 29.8 Å². The minimum absolute atomic E-state index is 0.198. The van der Waals surface area contributed by atoms with Gasteiger partial charge in [0.1, 0.15) is 17.5 Å². The number of nitrogens with zero attached hydrogens (tertiary/aromatic N) is 2. The normalized spacial score (nSPS) is 10.9. The van der Waals surface area contributed by atoms with Crippen LogP contribution in [0, 0.1) is 6.92 Å². The maximum absolute atomic E-state index is 11.7. The summed E-state index contributed by atoms with van der Waals surface area (Å²) >= 11 is 6.09. The van der Waals surface area contributed by atoms with Crippen LogP contribution in [0.1, 0.15) is 11.3 Å². The van der Waals surface area contributed by atoms with Gasteiger partial charge in [-0.15, -0.1) is 0 Å². The van der Waals surface area contributed by atoms with Crippen molar-refractivity contribution in [1.82, 2.24) is 15.1 Å². The molecule has 0 fully saturated rings. The van der Waals surface area contributed by atoms with Gasteiger partial charge < -0.3 is 10.1 Å². The maximum Gasteiger partial charge on any atom is 0.244 e. The quantitative estimate of drug-likeness (QED) is 0.657. The van der Waals surface area contributed by atoms with E-state index in [0.717, 1.165) is 17.0 Å². The molecule has 0 unspecified atom stereocenters. The van der Waals surface area contributed by atoms with Gasteiger partial charge in [-0.2, -0.15) is 5.10 Å². The number of carbonyl (C=O) groups excluding carboxylic acids is 1. The predicted molar refractivity (Wildman–Crippen MR) is 86.9 cm³/mol. The van der Waals surface area contributed by atoms with E-state index < -0.39 is 0 Å². The summed E-state index contributed by atoms with van der Waals surface area (Å²) in [5, 5.41) is 7.44. The van der Waals surface area contributed by atoms with E-state index in [1.165, 1.54) is 6.08 Å². The highest BCUT2D eigenvalue weighted by atomic mass is 35.5. The Morgan fingerprint density at radius 1 is 1.41 bits per heavy atom. The molecule has 2 rings (SSSR count). The summed E-state index contributed by atoms with van der Waals surface area (Å²) < 4.78 is 7.06. The Kier molecular flexibility index (Phi) is 5.61. The number of amides is 1. The van der Waals surface area contributed by atoms with Crippen LogP contribution >= 0.6 is 11.6 Å². The van der Waals surface area contributed by atoms with Crippen LogP contribution in [0.3, 0.4) is 0 Å². The highest BCUT2D eigenvalue weighted by Crippen LogP contribution is 2.19. The van der Waals surface area contributed by atoms with Crippen LogP contribution in [0.4, 0.5) is 0 Å². The smallest absolute Gasteiger partial charge is 0.244 e. The maximum atomic E-state index is 11.7. The molecule has 0 aliphatic heterocycles. The molecule has 0 spiro atoms. The fourth-order valence-electron chi connectivity index (χ4n) is 1.91. The summed E-state index contributed by atoms with van der Waals surface area (Å²) in [6.07, 6.45) is 3.11. The first-order valence-corrected chi connectivity index (χ1v) is 7.28. The van der Waals surface area contributed by atoms with E-state index in [1.807, 2.05) is 37.3 Å². The second-order valence-electron chi connectivity index (χ2n) is 4.70. The van der Waals surface area contributed by atoms with E-state index in [4.69, 9.17) is 16.3 Å². The van der Waals surface area contributed by atoms with E-state index in [2.05, 4.69) is 10.4 Å². The minimum atomic E-state index is -0.198. The lowest BCUT2D eigenvalue weighted by Gasteiger charge is -2.05. The van der Waals surface area contributed by atoms with Gasteiger partial charge in [0.2, 0.25) is 5.91 Å². The van der Waals surface area contributed by atoms with Crippen molar-refractivity contribution in [1.29, 1.82) is 0 Å². The molecular formula is C16H18ClN3O2. The Labute approximate surface area is 134 Å². The average Bonchev–Trinajstić information content (AvgIpc) is 2.76. The predicted octanol–water partition coefficient (Wildman–Crippen LogP) is 2.59. The summed E-state index contributed by atoms with van der Waals surface area (Å²) in [4.78, 5) is 11.7. The number of halogens is 1. The Hall–Kier alpha value is -2.27. The highest BCUT2D eigenvalue weighted by Gasteiger charge is 2.08. The van der Waals surface area contributed by atoms with Crippen LogP contribution < -0.4 is 10.1 Å². The lowest BCUT2D eigenvalue weighted by Crippen LogP contribution is -2.26. The van der Waals surface area contributed by atoms with E-state index >= 15 is 0 Å². The van der Waals surface area contributed by atoms with E-state index in [1.54, 1.807) is 17.8 Å². The number of ether oxygens (including phenoxy) is 1. The third-order valence-corrected chi connectivity index (χ3v) is 3.46. The van der Waals surface area contributed by atoms with Crippen molar-refractivity contribution in [3.63, 3.8) is 0 Å². The molecule has 0 saturated carbocycles. The zero-order valence-corrected chi connectivity index (χ0v) is 13.3. The lowest BCUT2D eigenvalue weighted by molar-refractivity contribution is -0.116. The van der Waals surface area contributed by atoms with Crippen LogP contribution in [-0.2, 0) is 11.8 Å². The average molecular weight is 320 g/mol. The number of hydrogen-bond donors (Lipinski definition) is 1. The number of hydrogen-bond acceptors (Lipinski definition) is 3. The largest absolute Gasteiger partial charge is 0.492 e. The molecule has 0 saturated heterocycles. The summed E-state index contributed by atoms with van der Waals surface area (Å²) in [6, 6.07) is 9.46. The molecule has 0 atom stereocenters. The molecule has 0 radical (unpaired) electrons. The van der Waals surface area contributed by atoms with E-state index in [0.29, 0.717) is 18.3 Å². The Morgan fingerprint density at radius 3 is 2.77 bits per heavy atom. The van der Waals surface area contributed by atoms with Gasteiger partial charge in [0.25, 0.3) is 0 Å². The summed E-state index contributed by atoms with van der Waals surface area (Å²) in [5.74, 6) is 0.584. The van der Waals surface area contributed by atoms with Gasteiger partial charge in [0.05, 0.1) is 12.2 Å². The summed E-state index contributed by atoms with van der Waals surface area (Å²) in [6.45, 7) is 2.69. The van der Waals surface area contributed by atoms with Gasteiger partial charge in [-0.3, -0.25) is 9.48 Å². The molecule has 1 aromatic heterocycles. The number of para-hydroxylation sites is 1. The van der Waals surface area contributed by atoms with Gasteiger partial charge in [-0.05, 0) is 25.1 Å². The Morgan fingerprint density at radius 2 is 2.14 bits per heavy atom. The van der Waals surface area contributed by atoms with Gasteiger partial charge in [-0.25, -0.2) is 0 Å². The monoisotopic (exact) mass is 319 g/mol.